The zero-order valence-corrected chi connectivity index (χ0v) is 8.21. The predicted octanol–water partition coefficient (Wildman–Crippen LogP) is 1.49. The second kappa shape index (κ2) is 4.45. The van der Waals surface area contributed by atoms with Crippen LogP contribution < -0.4 is 0 Å². The van der Waals surface area contributed by atoms with Crippen molar-refractivity contribution < 1.29 is 4.84 Å². The fourth-order valence-corrected chi connectivity index (χ4v) is 1.44. The van der Waals surface area contributed by atoms with Gasteiger partial charge in [-0.25, -0.2) is 0 Å². The first kappa shape index (κ1) is 9.52. The Bertz CT molecular complexity index is 164. The smallest absolute Gasteiger partial charge is 0.132 e. The molecule has 1 aliphatic heterocycles. The summed E-state index contributed by atoms with van der Waals surface area (Å²) < 4.78 is 0. The van der Waals surface area contributed by atoms with Gasteiger partial charge in [-0.3, -0.25) is 4.90 Å². The SMILES string of the molecule is CC(C)=NOC[C@H]1CCCN1C. The summed E-state index contributed by atoms with van der Waals surface area (Å²) in [5, 5.41) is 3.91. The van der Waals surface area contributed by atoms with Gasteiger partial charge in [0.05, 0.1) is 5.71 Å². The third-order valence-corrected chi connectivity index (χ3v) is 2.19. The molecule has 0 spiro atoms. The normalized spacial score (nSPS) is 24.1. The molecular weight excluding hydrogens is 152 g/mol. The summed E-state index contributed by atoms with van der Waals surface area (Å²) in [6.07, 6.45) is 2.54. The first-order valence-electron chi connectivity index (χ1n) is 4.53. The highest BCUT2D eigenvalue weighted by molar-refractivity contribution is 5.78. The lowest BCUT2D eigenvalue weighted by Crippen LogP contribution is -2.28. The second-order valence-corrected chi connectivity index (χ2v) is 3.61. The van der Waals surface area contributed by atoms with E-state index < -0.39 is 0 Å². The number of hydrogen-bond acceptors (Lipinski definition) is 3. The van der Waals surface area contributed by atoms with Crippen LogP contribution in [0.4, 0.5) is 0 Å². The molecule has 1 rings (SSSR count). The minimum atomic E-state index is 0.577. The molecule has 1 fully saturated rings. The molecule has 3 heteroatoms. The van der Waals surface area contributed by atoms with E-state index in [0.717, 1.165) is 12.3 Å². The zero-order chi connectivity index (χ0) is 8.97. The van der Waals surface area contributed by atoms with Gasteiger partial charge in [-0.1, -0.05) is 5.16 Å². The molecular formula is C9H18N2O. The highest BCUT2D eigenvalue weighted by atomic mass is 16.6. The van der Waals surface area contributed by atoms with Crippen LogP contribution in [0.15, 0.2) is 5.16 Å². The Hall–Kier alpha value is -0.570. The number of nitrogens with zero attached hydrogens (tertiary/aromatic N) is 2. The van der Waals surface area contributed by atoms with Crippen LogP contribution in [0.5, 0.6) is 0 Å². The number of likely N-dealkylation sites (tertiary alicyclic amines) is 1. The summed E-state index contributed by atoms with van der Waals surface area (Å²) in [6, 6.07) is 0.577. The largest absolute Gasteiger partial charge is 0.394 e. The molecule has 70 valence electrons. The van der Waals surface area contributed by atoms with E-state index in [1.807, 2.05) is 13.8 Å². The van der Waals surface area contributed by atoms with E-state index in [2.05, 4.69) is 17.1 Å². The van der Waals surface area contributed by atoms with Crippen molar-refractivity contribution in [1.29, 1.82) is 0 Å². The Kier molecular flexibility index (Phi) is 3.53. The fourth-order valence-electron chi connectivity index (χ4n) is 1.44. The first-order valence-corrected chi connectivity index (χ1v) is 4.53. The molecule has 0 amide bonds. The van der Waals surface area contributed by atoms with Gasteiger partial charge in [-0.2, -0.15) is 0 Å². The number of likely N-dealkylation sites (N-methyl/N-ethyl adjacent to an activating group) is 1. The molecule has 3 nitrogen and oxygen atoms in total. The number of rotatable bonds is 3. The lowest BCUT2D eigenvalue weighted by molar-refractivity contribution is 0.0917. The van der Waals surface area contributed by atoms with Crippen LogP contribution in [0.2, 0.25) is 0 Å². The van der Waals surface area contributed by atoms with Gasteiger partial charge in [0.25, 0.3) is 0 Å². The monoisotopic (exact) mass is 170 g/mol. The standard InChI is InChI=1S/C9H18N2O/c1-8(2)10-12-7-9-5-4-6-11(9)3/h9H,4-7H2,1-3H3/t9-/m1/s1. The Morgan fingerprint density at radius 2 is 2.33 bits per heavy atom. The van der Waals surface area contributed by atoms with Crippen molar-refractivity contribution in [1.82, 2.24) is 4.90 Å². The molecule has 0 saturated carbocycles. The summed E-state index contributed by atoms with van der Waals surface area (Å²) in [4.78, 5) is 7.53. The van der Waals surface area contributed by atoms with Gasteiger partial charge in [0, 0.05) is 6.04 Å². The number of oxime groups is 1. The van der Waals surface area contributed by atoms with E-state index >= 15 is 0 Å². The maximum Gasteiger partial charge on any atom is 0.132 e. The minimum absolute atomic E-state index is 0.577. The molecule has 1 saturated heterocycles. The van der Waals surface area contributed by atoms with Crippen molar-refractivity contribution in [3.63, 3.8) is 0 Å². The topological polar surface area (TPSA) is 24.8 Å². The molecule has 1 heterocycles. The van der Waals surface area contributed by atoms with Crippen molar-refractivity contribution in [3.8, 4) is 0 Å². The molecule has 0 bridgehead atoms. The molecule has 1 aliphatic rings. The molecule has 0 aliphatic carbocycles. The van der Waals surface area contributed by atoms with Crippen molar-refractivity contribution in [3.05, 3.63) is 0 Å². The van der Waals surface area contributed by atoms with Crippen molar-refractivity contribution >= 4 is 5.71 Å². The Balaban J connectivity index is 2.18. The van der Waals surface area contributed by atoms with E-state index in [1.54, 1.807) is 0 Å². The average molecular weight is 170 g/mol. The predicted molar refractivity (Wildman–Crippen MR) is 50.4 cm³/mol. The molecule has 1 atom stereocenters. The minimum Gasteiger partial charge on any atom is -0.394 e. The molecule has 0 N–H and O–H groups in total. The number of hydrogen-bond donors (Lipinski definition) is 0. The van der Waals surface area contributed by atoms with E-state index in [1.165, 1.54) is 19.4 Å². The Morgan fingerprint density at radius 3 is 2.83 bits per heavy atom. The third kappa shape index (κ3) is 2.81. The maximum atomic E-state index is 5.20. The van der Waals surface area contributed by atoms with Gasteiger partial charge < -0.3 is 4.84 Å². The van der Waals surface area contributed by atoms with Crippen LogP contribution in [-0.4, -0.2) is 36.9 Å². The molecule has 0 aromatic rings. The van der Waals surface area contributed by atoms with Gasteiger partial charge in [0.15, 0.2) is 0 Å². The maximum absolute atomic E-state index is 5.20. The first-order chi connectivity index (χ1) is 5.70. The lowest BCUT2D eigenvalue weighted by Gasteiger charge is -2.17. The Morgan fingerprint density at radius 1 is 1.58 bits per heavy atom. The summed E-state index contributed by atoms with van der Waals surface area (Å²) in [6.45, 7) is 5.82. The second-order valence-electron chi connectivity index (χ2n) is 3.61. The van der Waals surface area contributed by atoms with Crippen LogP contribution in [-0.2, 0) is 4.84 Å². The molecule has 0 aromatic carbocycles. The van der Waals surface area contributed by atoms with Crippen LogP contribution in [0.25, 0.3) is 0 Å². The zero-order valence-electron chi connectivity index (χ0n) is 8.21. The van der Waals surface area contributed by atoms with Crippen LogP contribution >= 0.6 is 0 Å². The van der Waals surface area contributed by atoms with Crippen molar-refractivity contribution in [2.24, 2.45) is 5.16 Å². The summed E-state index contributed by atoms with van der Waals surface area (Å²) >= 11 is 0. The van der Waals surface area contributed by atoms with E-state index in [0.29, 0.717) is 6.04 Å². The molecule has 0 aromatic heterocycles. The van der Waals surface area contributed by atoms with Crippen LogP contribution in [0.3, 0.4) is 0 Å². The highest BCUT2D eigenvalue weighted by Gasteiger charge is 2.20. The van der Waals surface area contributed by atoms with Gasteiger partial charge >= 0.3 is 0 Å². The molecule has 12 heavy (non-hydrogen) atoms. The fraction of sp³-hybridized carbons (Fsp3) is 0.889. The van der Waals surface area contributed by atoms with Crippen molar-refractivity contribution in [2.45, 2.75) is 32.7 Å². The van der Waals surface area contributed by atoms with Gasteiger partial charge in [-0.05, 0) is 40.3 Å². The van der Waals surface area contributed by atoms with Gasteiger partial charge in [-0.15, -0.1) is 0 Å². The van der Waals surface area contributed by atoms with Crippen LogP contribution in [0, 0.1) is 0 Å². The molecule has 0 unspecified atom stereocenters. The summed E-state index contributed by atoms with van der Waals surface area (Å²) in [5.41, 5.74) is 0.982. The van der Waals surface area contributed by atoms with Crippen molar-refractivity contribution in [2.75, 3.05) is 20.2 Å². The van der Waals surface area contributed by atoms with Gasteiger partial charge in [0.2, 0.25) is 0 Å². The van der Waals surface area contributed by atoms with Crippen LogP contribution in [0.1, 0.15) is 26.7 Å². The quantitative estimate of drug-likeness (QED) is 0.473. The van der Waals surface area contributed by atoms with E-state index in [-0.39, 0.29) is 0 Å². The van der Waals surface area contributed by atoms with E-state index in [4.69, 9.17) is 4.84 Å². The highest BCUT2D eigenvalue weighted by Crippen LogP contribution is 2.14. The summed E-state index contributed by atoms with van der Waals surface area (Å²) in [7, 11) is 2.14. The molecule has 0 radical (unpaired) electrons. The Labute approximate surface area is 74.4 Å². The van der Waals surface area contributed by atoms with E-state index in [9.17, 15) is 0 Å². The average Bonchev–Trinajstić information content (AvgIpc) is 2.36. The lowest BCUT2D eigenvalue weighted by atomic mass is 10.2. The third-order valence-electron chi connectivity index (χ3n) is 2.19. The van der Waals surface area contributed by atoms with Gasteiger partial charge in [0.1, 0.15) is 6.61 Å². The summed E-state index contributed by atoms with van der Waals surface area (Å²) in [5.74, 6) is 0.